The van der Waals surface area contributed by atoms with Gasteiger partial charge in [0.2, 0.25) is 0 Å². The summed E-state index contributed by atoms with van der Waals surface area (Å²) in [5.41, 5.74) is 1.71. The maximum atomic E-state index is 13.9. The number of furan rings is 1. The third-order valence-electron chi connectivity index (χ3n) is 6.34. The maximum absolute atomic E-state index is 13.9. The van der Waals surface area contributed by atoms with Gasteiger partial charge in [0.15, 0.2) is 16.3 Å². The predicted molar refractivity (Wildman–Crippen MR) is 154 cm³/mol. The van der Waals surface area contributed by atoms with E-state index in [0.717, 1.165) is 0 Å². The average molecular weight is 599 g/mol. The summed E-state index contributed by atoms with van der Waals surface area (Å²) in [6.45, 7) is 3.63. The molecule has 0 aliphatic carbocycles. The van der Waals surface area contributed by atoms with Crippen LogP contribution < -0.4 is 24.4 Å². The number of fused-ring (bicyclic) bond motifs is 1. The highest BCUT2D eigenvalue weighted by Gasteiger charge is 2.34. The molecule has 40 heavy (non-hydrogen) atoms. The molecule has 0 bridgehead atoms. The Labute approximate surface area is 243 Å². The topological polar surface area (TPSA) is 92.3 Å². The monoisotopic (exact) mass is 598 g/mol. The first-order valence-electron chi connectivity index (χ1n) is 12.2. The second kappa shape index (κ2) is 11.4. The highest BCUT2D eigenvalue weighted by Crippen LogP contribution is 2.36. The fourth-order valence-electron chi connectivity index (χ4n) is 4.52. The molecule has 1 unspecified atom stereocenters. The van der Waals surface area contributed by atoms with E-state index in [2.05, 4.69) is 4.99 Å². The molecule has 2 aromatic heterocycles. The first kappa shape index (κ1) is 27.8. The van der Waals surface area contributed by atoms with Gasteiger partial charge in [-0.1, -0.05) is 40.6 Å². The second-order valence-electron chi connectivity index (χ2n) is 8.74. The molecule has 8 nitrogen and oxygen atoms in total. The van der Waals surface area contributed by atoms with Gasteiger partial charge in [-0.15, -0.1) is 0 Å². The van der Waals surface area contributed by atoms with Crippen LogP contribution in [-0.2, 0) is 9.53 Å². The van der Waals surface area contributed by atoms with Crippen molar-refractivity contribution in [1.82, 2.24) is 4.57 Å². The zero-order chi connectivity index (χ0) is 28.6. The molecule has 1 atom stereocenters. The Morgan fingerprint density at radius 3 is 2.58 bits per heavy atom. The van der Waals surface area contributed by atoms with E-state index in [1.54, 1.807) is 68.5 Å². The summed E-state index contributed by atoms with van der Waals surface area (Å²) in [6, 6.07) is 13.1. The fraction of sp³-hybridized carbons (Fsp3) is 0.207. The molecule has 0 spiro atoms. The zero-order valence-electron chi connectivity index (χ0n) is 22.0. The van der Waals surface area contributed by atoms with Crippen LogP contribution in [0.1, 0.15) is 31.2 Å². The molecule has 4 aromatic rings. The van der Waals surface area contributed by atoms with Crippen LogP contribution in [-0.4, -0.2) is 31.4 Å². The van der Waals surface area contributed by atoms with Gasteiger partial charge in [0.05, 0.1) is 47.7 Å². The molecular weight excluding hydrogens is 575 g/mol. The number of allylic oxidation sites excluding steroid dienone is 1. The van der Waals surface area contributed by atoms with E-state index in [4.69, 9.17) is 41.8 Å². The van der Waals surface area contributed by atoms with Gasteiger partial charge >= 0.3 is 5.97 Å². The SMILES string of the molecule is CCOC(=O)C1=C(C)N=c2sc(=Cc3ccc(-c4ccc(Cl)cc4Cl)o3)c(=O)n2C1c1ccc(OC)c(OC)c1. The molecule has 0 radical (unpaired) electrons. The number of rotatable bonds is 7. The van der Waals surface area contributed by atoms with Crippen molar-refractivity contribution in [2.45, 2.75) is 19.9 Å². The van der Waals surface area contributed by atoms with Crippen molar-refractivity contribution in [3.05, 3.63) is 101 Å². The van der Waals surface area contributed by atoms with E-state index in [9.17, 15) is 9.59 Å². The summed E-state index contributed by atoms with van der Waals surface area (Å²) in [6.07, 6.45) is 1.65. The van der Waals surface area contributed by atoms with Gasteiger partial charge in [-0.3, -0.25) is 9.36 Å². The molecule has 5 rings (SSSR count). The molecule has 0 fully saturated rings. The van der Waals surface area contributed by atoms with Gasteiger partial charge in [0.25, 0.3) is 5.56 Å². The summed E-state index contributed by atoms with van der Waals surface area (Å²) >= 11 is 13.6. The fourth-order valence-corrected chi connectivity index (χ4v) is 6.05. The molecular formula is C29H24Cl2N2O6S. The molecule has 3 heterocycles. The number of benzene rings is 2. The van der Waals surface area contributed by atoms with Crippen molar-refractivity contribution in [2.24, 2.45) is 4.99 Å². The Morgan fingerprint density at radius 2 is 1.88 bits per heavy atom. The molecule has 0 amide bonds. The van der Waals surface area contributed by atoms with Gasteiger partial charge in [0.1, 0.15) is 11.5 Å². The van der Waals surface area contributed by atoms with Crippen molar-refractivity contribution in [3.63, 3.8) is 0 Å². The summed E-state index contributed by atoms with van der Waals surface area (Å²) in [5.74, 6) is 1.42. The molecule has 206 valence electrons. The Morgan fingerprint density at radius 1 is 1.10 bits per heavy atom. The number of methoxy groups -OCH3 is 2. The summed E-state index contributed by atoms with van der Waals surface area (Å²) in [4.78, 5) is 32.0. The van der Waals surface area contributed by atoms with E-state index in [1.807, 2.05) is 0 Å². The molecule has 11 heteroatoms. The number of hydrogen-bond donors (Lipinski definition) is 0. The van der Waals surface area contributed by atoms with Crippen molar-refractivity contribution < 1.29 is 23.4 Å². The highest BCUT2D eigenvalue weighted by molar-refractivity contribution is 7.07. The first-order chi connectivity index (χ1) is 19.2. The van der Waals surface area contributed by atoms with Crippen molar-refractivity contribution in [3.8, 4) is 22.8 Å². The van der Waals surface area contributed by atoms with E-state index >= 15 is 0 Å². The van der Waals surface area contributed by atoms with E-state index in [0.29, 0.717) is 59.2 Å². The summed E-state index contributed by atoms with van der Waals surface area (Å²) in [5, 5.41) is 0.966. The standard InChI is InChI=1S/C29H24Cl2N2O6S/c1-5-38-28(35)25-15(2)32-29-33(26(25)16-6-10-22(36-3)23(12-16)37-4)27(34)24(40-29)14-18-8-11-21(39-18)19-9-7-17(30)13-20(19)31/h6-14,26H,5H2,1-4H3. The Bertz CT molecular complexity index is 1840. The minimum absolute atomic E-state index is 0.178. The third-order valence-corrected chi connectivity index (χ3v) is 7.87. The highest BCUT2D eigenvalue weighted by atomic mass is 35.5. The van der Waals surface area contributed by atoms with E-state index in [-0.39, 0.29) is 17.7 Å². The predicted octanol–water partition coefficient (Wildman–Crippen LogP) is 5.38. The number of hydrogen-bond acceptors (Lipinski definition) is 8. The number of ether oxygens (including phenoxy) is 3. The zero-order valence-corrected chi connectivity index (χ0v) is 24.3. The maximum Gasteiger partial charge on any atom is 0.338 e. The smallest absolute Gasteiger partial charge is 0.338 e. The Balaban J connectivity index is 1.65. The van der Waals surface area contributed by atoms with Gasteiger partial charge in [-0.05, 0) is 61.9 Å². The molecule has 1 aliphatic rings. The van der Waals surface area contributed by atoms with Crippen LogP contribution in [0.2, 0.25) is 10.0 Å². The lowest BCUT2D eigenvalue weighted by Gasteiger charge is -2.25. The number of aromatic nitrogens is 1. The number of carbonyl (C=O) groups is 1. The lowest BCUT2D eigenvalue weighted by Crippen LogP contribution is -2.39. The van der Waals surface area contributed by atoms with Gasteiger partial charge in [-0.25, -0.2) is 9.79 Å². The van der Waals surface area contributed by atoms with Gasteiger partial charge in [-0.2, -0.15) is 0 Å². The second-order valence-corrected chi connectivity index (χ2v) is 10.6. The van der Waals surface area contributed by atoms with Crippen LogP contribution >= 0.6 is 34.5 Å². The molecule has 1 aliphatic heterocycles. The van der Waals surface area contributed by atoms with Crippen LogP contribution in [0.25, 0.3) is 17.4 Å². The molecule has 0 saturated carbocycles. The molecule has 2 aromatic carbocycles. The van der Waals surface area contributed by atoms with Crippen LogP contribution in [0.4, 0.5) is 0 Å². The minimum atomic E-state index is -0.794. The Kier molecular flexibility index (Phi) is 7.89. The van der Waals surface area contributed by atoms with Crippen LogP contribution in [0.5, 0.6) is 11.5 Å². The number of halogens is 2. The van der Waals surface area contributed by atoms with Gasteiger partial charge in [0, 0.05) is 16.7 Å². The number of nitrogens with zero attached hydrogens (tertiary/aromatic N) is 2. The van der Waals surface area contributed by atoms with Crippen molar-refractivity contribution >= 4 is 46.6 Å². The van der Waals surface area contributed by atoms with E-state index < -0.39 is 12.0 Å². The molecule has 0 saturated heterocycles. The lowest BCUT2D eigenvalue weighted by atomic mass is 9.95. The number of thiazole rings is 1. The van der Waals surface area contributed by atoms with Crippen LogP contribution in [0.3, 0.4) is 0 Å². The largest absolute Gasteiger partial charge is 0.493 e. The molecule has 0 N–H and O–H groups in total. The first-order valence-corrected chi connectivity index (χ1v) is 13.8. The normalized spacial score (nSPS) is 15.1. The van der Waals surface area contributed by atoms with Gasteiger partial charge < -0.3 is 18.6 Å². The van der Waals surface area contributed by atoms with Crippen molar-refractivity contribution in [2.75, 3.05) is 20.8 Å². The van der Waals surface area contributed by atoms with Crippen LogP contribution in [0.15, 0.2) is 74.0 Å². The quantitative estimate of drug-likeness (QED) is 0.265. The van der Waals surface area contributed by atoms with E-state index in [1.165, 1.54) is 30.1 Å². The average Bonchev–Trinajstić information content (AvgIpc) is 3.51. The number of esters is 1. The minimum Gasteiger partial charge on any atom is -0.493 e. The van der Waals surface area contributed by atoms with Crippen molar-refractivity contribution in [1.29, 1.82) is 0 Å². The number of carbonyl (C=O) groups excluding carboxylic acids is 1. The summed E-state index contributed by atoms with van der Waals surface area (Å²) < 4.78 is 24.1. The lowest BCUT2D eigenvalue weighted by molar-refractivity contribution is -0.139. The Hall–Kier alpha value is -3.79. The third kappa shape index (κ3) is 5.08. The summed E-state index contributed by atoms with van der Waals surface area (Å²) in [7, 11) is 3.06. The van der Waals surface area contributed by atoms with Crippen LogP contribution in [0, 0.1) is 0 Å².